The Morgan fingerprint density at radius 1 is 1.38 bits per heavy atom. The first-order valence-electron chi connectivity index (χ1n) is 4.51. The fourth-order valence-electron chi connectivity index (χ4n) is 0.989. The maximum absolute atomic E-state index is 11.6. The molecule has 8 heteroatoms. The average molecular weight is 305 g/mol. The Morgan fingerprint density at radius 2 is 2.06 bits per heavy atom. The van der Waals surface area contributed by atoms with E-state index in [1.807, 2.05) is 0 Å². The number of rotatable bonds is 6. The van der Waals surface area contributed by atoms with Crippen molar-refractivity contribution in [2.45, 2.75) is 17.1 Å². The zero-order valence-electron chi connectivity index (χ0n) is 8.48. The van der Waals surface area contributed by atoms with Crippen molar-refractivity contribution < 1.29 is 8.42 Å². The van der Waals surface area contributed by atoms with Crippen molar-refractivity contribution in [3.05, 3.63) is 16.5 Å². The molecule has 0 radical (unpaired) electrons. The van der Waals surface area contributed by atoms with E-state index in [1.54, 1.807) is 6.07 Å². The molecule has 0 amide bonds. The van der Waals surface area contributed by atoms with Gasteiger partial charge in [0.25, 0.3) is 0 Å². The molecule has 94 valence electrons. The van der Waals surface area contributed by atoms with E-state index in [9.17, 15) is 8.42 Å². The quantitative estimate of drug-likeness (QED) is 0.788. The van der Waals surface area contributed by atoms with Gasteiger partial charge in [0.1, 0.15) is 4.21 Å². The zero-order valence-corrected chi connectivity index (χ0v) is 11.7. The van der Waals surface area contributed by atoms with Gasteiger partial charge in [0.15, 0.2) is 0 Å². The van der Waals surface area contributed by atoms with E-state index in [-0.39, 0.29) is 16.6 Å². The molecule has 0 aromatic carbocycles. The van der Waals surface area contributed by atoms with Crippen LogP contribution in [0.15, 0.2) is 16.3 Å². The summed E-state index contributed by atoms with van der Waals surface area (Å²) in [6.07, 6.45) is 1.56. The van der Waals surface area contributed by atoms with Crippen molar-refractivity contribution in [3.8, 4) is 0 Å². The number of nitrogens with two attached hydrogens (primary N) is 1. The summed E-state index contributed by atoms with van der Waals surface area (Å²) in [5.74, 6) is 0. The summed E-state index contributed by atoms with van der Waals surface area (Å²) in [5.41, 5.74) is 5.30. The Morgan fingerprint density at radius 3 is 2.56 bits per heavy atom. The second-order valence-electron chi connectivity index (χ2n) is 2.95. The Kier molecular flexibility index (Phi) is 7.54. The SMILES string of the molecule is Cl.NCCCCNS(=O)(=O)c1ccc(Cl)s1. The summed E-state index contributed by atoms with van der Waals surface area (Å²) < 4.78 is 26.4. The lowest BCUT2D eigenvalue weighted by atomic mass is 10.3. The Balaban J connectivity index is 0.00000225. The van der Waals surface area contributed by atoms with Gasteiger partial charge in [-0.05, 0) is 31.5 Å². The van der Waals surface area contributed by atoms with Gasteiger partial charge in [0.2, 0.25) is 10.0 Å². The third-order valence-corrected chi connectivity index (χ3v) is 4.92. The molecule has 1 rings (SSSR count). The van der Waals surface area contributed by atoms with Crippen molar-refractivity contribution in [1.82, 2.24) is 4.72 Å². The lowest BCUT2D eigenvalue weighted by molar-refractivity contribution is 0.579. The summed E-state index contributed by atoms with van der Waals surface area (Å²) in [5, 5.41) is 0. The van der Waals surface area contributed by atoms with Crippen molar-refractivity contribution in [2.24, 2.45) is 5.73 Å². The molecule has 0 aliphatic heterocycles. The third kappa shape index (κ3) is 4.99. The maximum Gasteiger partial charge on any atom is 0.250 e. The molecule has 16 heavy (non-hydrogen) atoms. The van der Waals surface area contributed by atoms with Crippen molar-refractivity contribution in [1.29, 1.82) is 0 Å². The first-order valence-corrected chi connectivity index (χ1v) is 7.19. The monoisotopic (exact) mass is 304 g/mol. The molecule has 1 heterocycles. The lowest BCUT2D eigenvalue weighted by Crippen LogP contribution is -2.24. The fourth-order valence-corrected chi connectivity index (χ4v) is 3.59. The summed E-state index contributed by atoms with van der Waals surface area (Å²) in [6, 6.07) is 3.07. The smallest absolute Gasteiger partial charge is 0.250 e. The van der Waals surface area contributed by atoms with E-state index in [1.165, 1.54) is 6.07 Å². The number of hydrogen-bond acceptors (Lipinski definition) is 4. The number of halogens is 2. The van der Waals surface area contributed by atoms with Gasteiger partial charge in [-0.15, -0.1) is 23.7 Å². The normalized spacial score (nSPS) is 11.1. The standard InChI is InChI=1S/C8H13ClN2O2S2.ClH/c9-7-3-4-8(14-7)15(12,13)11-6-2-1-5-10;/h3-4,11H,1-2,5-6,10H2;1H. The van der Waals surface area contributed by atoms with Crippen molar-refractivity contribution in [2.75, 3.05) is 13.1 Å². The second-order valence-corrected chi connectivity index (χ2v) is 6.66. The topological polar surface area (TPSA) is 72.2 Å². The van der Waals surface area contributed by atoms with Gasteiger partial charge < -0.3 is 5.73 Å². The van der Waals surface area contributed by atoms with Crippen LogP contribution in [-0.2, 0) is 10.0 Å². The summed E-state index contributed by atoms with van der Waals surface area (Å²) in [4.78, 5) is 0. The van der Waals surface area contributed by atoms with Crippen LogP contribution < -0.4 is 10.5 Å². The largest absolute Gasteiger partial charge is 0.330 e. The molecule has 0 aliphatic rings. The van der Waals surface area contributed by atoms with Gasteiger partial charge in [-0.1, -0.05) is 11.6 Å². The second kappa shape index (κ2) is 7.47. The van der Waals surface area contributed by atoms with Crippen LogP contribution in [0.3, 0.4) is 0 Å². The summed E-state index contributed by atoms with van der Waals surface area (Å²) >= 11 is 6.71. The number of unbranched alkanes of at least 4 members (excludes halogenated alkanes) is 1. The maximum atomic E-state index is 11.6. The molecule has 1 aromatic rings. The molecule has 0 saturated heterocycles. The highest BCUT2D eigenvalue weighted by molar-refractivity contribution is 7.91. The first kappa shape index (κ1) is 16.1. The number of nitrogens with one attached hydrogen (secondary N) is 1. The molecule has 1 aromatic heterocycles. The minimum Gasteiger partial charge on any atom is -0.330 e. The minimum absolute atomic E-state index is 0. The van der Waals surface area contributed by atoms with E-state index in [2.05, 4.69) is 4.72 Å². The van der Waals surface area contributed by atoms with Gasteiger partial charge in [0, 0.05) is 6.54 Å². The van der Waals surface area contributed by atoms with Crippen LogP contribution in [0.4, 0.5) is 0 Å². The Bertz CT molecular complexity index is 406. The van der Waals surface area contributed by atoms with E-state index in [0.29, 0.717) is 17.4 Å². The Hall–Kier alpha value is 0.150. The van der Waals surface area contributed by atoms with Gasteiger partial charge in [-0.2, -0.15) is 0 Å². The van der Waals surface area contributed by atoms with E-state index in [0.717, 1.165) is 24.2 Å². The lowest BCUT2D eigenvalue weighted by Gasteiger charge is -2.03. The van der Waals surface area contributed by atoms with E-state index >= 15 is 0 Å². The van der Waals surface area contributed by atoms with Gasteiger partial charge in [-0.3, -0.25) is 0 Å². The first-order chi connectivity index (χ1) is 7.06. The molecule has 3 N–H and O–H groups in total. The van der Waals surface area contributed by atoms with E-state index in [4.69, 9.17) is 17.3 Å². The summed E-state index contributed by atoms with van der Waals surface area (Å²) in [6.45, 7) is 0.988. The minimum atomic E-state index is -3.38. The fraction of sp³-hybridized carbons (Fsp3) is 0.500. The van der Waals surface area contributed by atoms with Crippen LogP contribution in [0, 0.1) is 0 Å². The third-order valence-electron chi connectivity index (χ3n) is 1.74. The van der Waals surface area contributed by atoms with Crippen molar-refractivity contribution in [3.63, 3.8) is 0 Å². The molecule has 0 saturated carbocycles. The van der Waals surface area contributed by atoms with Gasteiger partial charge >= 0.3 is 0 Å². The van der Waals surface area contributed by atoms with E-state index < -0.39 is 10.0 Å². The highest BCUT2D eigenvalue weighted by Crippen LogP contribution is 2.25. The molecular formula is C8H14Cl2N2O2S2. The predicted molar refractivity (Wildman–Crippen MR) is 70.1 cm³/mol. The van der Waals surface area contributed by atoms with Gasteiger partial charge in [0.05, 0.1) is 4.34 Å². The average Bonchev–Trinajstić information content (AvgIpc) is 2.60. The predicted octanol–water partition coefficient (Wildman–Crippen LogP) is 1.84. The van der Waals surface area contributed by atoms with Crippen LogP contribution in [0.1, 0.15) is 12.8 Å². The van der Waals surface area contributed by atoms with Gasteiger partial charge in [-0.25, -0.2) is 13.1 Å². The molecule has 4 nitrogen and oxygen atoms in total. The highest BCUT2D eigenvalue weighted by Gasteiger charge is 2.15. The number of sulfonamides is 1. The molecule has 0 spiro atoms. The molecule has 0 bridgehead atoms. The van der Waals surface area contributed by atoms with Crippen LogP contribution in [0.25, 0.3) is 0 Å². The molecule has 0 unspecified atom stereocenters. The molecule has 0 aliphatic carbocycles. The van der Waals surface area contributed by atoms with Crippen LogP contribution in [0.5, 0.6) is 0 Å². The number of hydrogen-bond donors (Lipinski definition) is 2. The highest BCUT2D eigenvalue weighted by atomic mass is 35.5. The van der Waals surface area contributed by atoms with Crippen LogP contribution >= 0.6 is 35.3 Å². The van der Waals surface area contributed by atoms with Crippen LogP contribution in [0.2, 0.25) is 4.34 Å². The van der Waals surface area contributed by atoms with Crippen molar-refractivity contribution >= 4 is 45.4 Å². The molecule has 0 fully saturated rings. The summed E-state index contributed by atoms with van der Waals surface area (Å²) in [7, 11) is -3.38. The number of thiophene rings is 1. The zero-order chi connectivity index (χ0) is 11.3. The Labute approximate surface area is 111 Å². The molecule has 0 atom stereocenters. The molecular weight excluding hydrogens is 291 g/mol. The van der Waals surface area contributed by atoms with Crippen LogP contribution in [-0.4, -0.2) is 21.5 Å².